The Labute approximate surface area is 125 Å². The van der Waals surface area contributed by atoms with Crippen LogP contribution in [-0.4, -0.2) is 42.9 Å². The largest absolute Gasteiger partial charge is 0.466 e. The number of carbonyl (C=O) groups is 1. The van der Waals surface area contributed by atoms with Gasteiger partial charge in [0.25, 0.3) is 0 Å². The number of aryl methyl sites for hydroxylation is 2. The number of nitrogens with zero attached hydrogens (tertiary/aromatic N) is 1. The number of carbonyl (C=O) groups excluding carboxylic acids is 1. The molecule has 1 aromatic rings. The molecule has 21 heavy (non-hydrogen) atoms. The molecule has 2 amide bonds. The van der Waals surface area contributed by atoms with Gasteiger partial charge < -0.3 is 14.6 Å². The van der Waals surface area contributed by atoms with Gasteiger partial charge in [0, 0.05) is 24.7 Å². The Balaban J connectivity index is 1.99. The number of rotatable bonds is 2. The highest BCUT2D eigenvalue weighted by molar-refractivity contribution is 7.92. The van der Waals surface area contributed by atoms with Crippen LogP contribution in [0.25, 0.3) is 0 Å². The first-order valence-corrected chi connectivity index (χ1v) is 8.76. The van der Waals surface area contributed by atoms with E-state index in [-0.39, 0.29) is 24.4 Å². The molecular weight excluding hydrogens is 292 g/mol. The predicted molar refractivity (Wildman–Crippen MR) is 79.8 cm³/mol. The summed E-state index contributed by atoms with van der Waals surface area (Å²) in [5.74, 6) is 1.62. The lowest BCUT2D eigenvalue weighted by atomic mass is 10.2. The summed E-state index contributed by atoms with van der Waals surface area (Å²) in [6.07, 6.45) is 0. The number of nitrogens with one attached hydrogen (secondary N) is 1. The van der Waals surface area contributed by atoms with Crippen LogP contribution in [0.1, 0.15) is 30.9 Å². The molecule has 0 radical (unpaired) electrons. The van der Waals surface area contributed by atoms with E-state index in [1.807, 2.05) is 19.9 Å². The number of sulfone groups is 1. The number of hydrogen-bond acceptors (Lipinski definition) is 4. The molecule has 2 atom stereocenters. The Hall–Kier alpha value is -1.50. The molecule has 2 rings (SSSR count). The third-order valence-electron chi connectivity index (χ3n) is 4.19. The van der Waals surface area contributed by atoms with E-state index in [9.17, 15) is 13.2 Å². The lowest BCUT2D eigenvalue weighted by Crippen LogP contribution is -2.56. The Kier molecular flexibility index (Phi) is 4.32. The van der Waals surface area contributed by atoms with Crippen molar-refractivity contribution in [2.75, 3.05) is 12.3 Å². The third-order valence-corrected chi connectivity index (χ3v) is 6.47. The summed E-state index contributed by atoms with van der Waals surface area (Å²) in [4.78, 5) is 13.8. The normalized spacial score (nSPS) is 24.9. The highest BCUT2D eigenvalue weighted by atomic mass is 32.2. The molecule has 0 aliphatic carbocycles. The fourth-order valence-corrected chi connectivity index (χ4v) is 4.16. The molecule has 1 N–H and O–H groups in total. The summed E-state index contributed by atoms with van der Waals surface area (Å²) in [6, 6.07) is 1.33. The molecular formula is C14H22N2O4S. The molecule has 0 bridgehead atoms. The monoisotopic (exact) mass is 314 g/mol. The summed E-state index contributed by atoms with van der Waals surface area (Å²) < 4.78 is 29.0. The van der Waals surface area contributed by atoms with Gasteiger partial charge in [-0.3, -0.25) is 0 Å². The van der Waals surface area contributed by atoms with Crippen molar-refractivity contribution < 1.29 is 17.6 Å². The fraction of sp³-hybridized carbons (Fsp3) is 0.643. The molecule has 1 aromatic heterocycles. The van der Waals surface area contributed by atoms with Gasteiger partial charge in [-0.15, -0.1) is 0 Å². The second kappa shape index (κ2) is 5.71. The Morgan fingerprint density at radius 1 is 1.43 bits per heavy atom. The molecule has 1 aliphatic heterocycles. The highest BCUT2D eigenvalue weighted by Gasteiger charge is 2.37. The van der Waals surface area contributed by atoms with Crippen LogP contribution in [0.3, 0.4) is 0 Å². The molecule has 1 aliphatic rings. The van der Waals surface area contributed by atoms with E-state index in [1.54, 1.807) is 18.7 Å². The van der Waals surface area contributed by atoms with Crippen LogP contribution in [-0.2, 0) is 16.4 Å². The van der Waals surface area contributed by atoms with E-state index in [2.05, 4.69) is 5.32 Å². The molecule has 0 saturated carbocycles. The van der Waals surface area contributed by atoms with Crippen molar-refractivity contribution in [3.8, 4) is 0 Å². The summed E-state index contributed by atoms with van der Waals surface area (Å²) in [6.45, 7) is 7.76. The second-order valence-electron chi connectivity index (χ2n) is 5.60. The zero-order chi connectivity index (χ0) is 15.8. The first-order chi connectivity index (χ1) is 9.72. The minimum Gasteiger partial charge on any atom is -0.466 e. The van der Waals surface area contributed by atoms with Crippen LogP contribution in [0.2, 0.25) is 0 Å². The van der Waals surface area contributed by atoms with Crippen LogP contribution in [0.4, 0.5) is 4.79 Å². The van der Waals surface area contributed by atoms with Crippen LogP contribution in [0.5, 0.6) is 0 Å². The van der Waals surface area contributed by atoms with E-state index in [1.165, 1.54) is 0 Å². The van der Waals surface area contributed by atoms with E-state index in [0.717, 1.165) is 17.1 Å². The lowest BCUT2D eigenvalue weighted by Gasteiger charge is -2.37. The quantitative estimate of drug-likeness (QED) is 0.899. The smallest absolute Gasteiger partial charge is 0.317 e. The molecule has 1 fully saturated rings. The highest BCUT2D eigenvalue weighted by Crippen LogP contribution is 2.19. The van der Waals surface area contributed by atoms with Crippen molar-refractivity contribution in [2.45, 2.75) is 45.5 Å². The molecule has 6 nitrogen and oxygen atoms in total. The van der Waals surface area contributed by atoms with Crippen molar-refractivity contribution in [3.05, 3.63) is 23.2 Å². The van der Waals surface area contributed by atoms with Gasteiger partial charge >= 0.3 is 6.03 Å². The number of urea groups is 1. The molecule has 1 saturated heterocycles. The Morgan fingerprint density at radius 2 is 2.10 bits per heavy atom. The molecule has 2 heterocycles. The average Bonchev–Trinajstić information content (AvgIpc) is 2.72. The maximum atomic E-state index is 12.2. The van der Waals surface area contributed by atoms with Crippen molar-refractivity contribution in [3.63, 3.8) is 0 Å². The SMILES string of the molecule is Cc1cc(CNC(=O)N2CCS(=O)(=O)[C@@H](C)[C@H]2C)c(C)o1. The molecule has 0 spiro atoms. The maximum absolute atomic E-state index is 12.2. The van der Waals surface area contributed by atoms with Crippen LogP contribution in [0, 0.1) is 13.8 Å². The second-order valence-corrected chi connectivity index (χ2v) is 8.08. The standard InChI is InChI=1S/C14H22N2O4S/c1-9-7-13(11(3)20-9)8-15-14(17)16-5-6-21(18,19)12(4)10(16)2/h7,10,12H,5-6,8H2,1-4H3,(H,15,17)/t10-,12+/m1/s1. The van der Waals surface area contributed by atoms with Crippen molar-refractivity contribution >= 4 is 15.9 Å². The molecule has 0 unspecified atom stereocenters. The average molecular weight is 314 g/mol. The van der Waals surface area contributed by atoms with Crippen LogP contribution >= 0.6 is 0 Å². The van der Waals surface area contributed by atoms with Crippen LogP contribution < -0.4 is 5.32 Å². The molecule has 0 aromatic carbocycles. The minimum absolute atomic E-state index is 0.0236. The zero-order valence-corrected chi connectivity index (χ0v) is 13.7. The van der Waals surface area contributed by atoms with Crippen molar-refractivity contribution in [1.29, 1.82) is 0 Å². The Bertz CT molecular complexity index is 635. The van der Waals surface area contributed by atoms with E-state index >= 15 is 0 Å². The number of amides is 2. The summed E-state index contributed by atoms with van der Waals surface area (Å²) >= 11 is 0. The fourth-order valence-electron chi connectivity index (χ4n) is 2.59. The minimum atomic E-state index is -3.08. The topological polar surface area (TPSA) is 79.6 Å². The first-order valence-electron chi connectivity index (χ1n) is 7.04. The van der Waals surface area contributed by atoms with Gasteiger partial charge in [-0.25, -0.2) is 13.2 Å². The van der Waals surface area contributed by atoms with Gasteiger partial charge in [0.15, 0.2) is 9.84 Å². The number of hydrogen-bond donors (Lipinski definition) is 1. The summed E-state index contributed by atoms with van der Waals surface area (Å²) in [5.41, 5.74) is 0.936. The van der Waals surface area contributed by atoms with Gasteiger partial charge in [0.1, 0.15) is 11.5 Å². The number of furan rings is 1. The zero-order valence-electron chi connectivity index (χ0n) is 12.8. The third kappa shape index (κ3) is 3.23. The Morgan fingerprint density at radius 3 is 2.67 bits per heavy atom. The van der Waals surface area contributed by atoms with Gasteiger partial charge in [-0.1, -0.05) is 0 Å². The maximum Gasteiger partial charge on any atom is 0.317 e. The van der Waals surface area contributed by atoms with E-state index in [4.69, 9.17) is 4.42 Å². The van der Waals surface area contributed by atoms with Crippen molar-refractivity contribution in [1.82, 2.24) is 10.2 Å². The molecule has 7 heteroatoms. The first kappa shape index (κ1) is 15.9. The molecule has 118 valence electrons. The van der Waals surface area contributed by atoms with Gasteiger partial charge in [0.05, 0.1) is 11.0 Å². The van der Waals surface area contributed by atoms with Crippen LogP contribution in [0.15, 0.2) is 10.5 Å². The van der Waals surface area contributed by atoms with Gasteiger partial charge in [0.2, 0.25) is 0 Å². The summed E-state index contributed by atoms with van der Waals surface area (Å²) in [5, 5.41) is 2.30. The predicted octanol–water partition coefficient (Wildman–Crippen LogP) is 1.61. The van der Waals surface area contributed by atoms with Gasteiger partial charge in [-0.2, -0.15) is 0 Å². The lowest BCUT2D eigenvalue weighted by molar-refractivity contribution is 0.177. The van der Waals surface area contributed by atoms with E-state index < -0.39 is 15.1 Å². The van der Waals surface area contributed by atoms with Crippen molar-refractivity contribution in [2.24, 2.45) is 0 Å². The summed E-state index contributed by atoms with van der Waals surface area (Å²) in [7, 11) is -3.08. The van der Waals surface area contributed by atoms with E-state index in [0.29, 0.717) is 6.54 Å². The van der Waals surface area contributed by atoms with Gasteiger partial charge in [-0.05, 0) is 33.8 Å².